The first-order valence-electron chi connectivity index (χ1n) is 5.79. The van der Waals surface area contributed by atoms with Crippen LogP contribution in [0.15, 0.2) is 24.3 Å². The number of ether oxygens (including phenoxy) is 1. The molecule has 0 unspecified atom stereocenters. The molecule has 0 saturated carbocycles. The summed E-state index contributed by atoms with van der Waals surface area (Å²) in [5.41, 5.74) is 7.68. The van der Waals surface area contributed by atoms with Gasteiger partial charge in [0.15, 0.2) is 0 Å². The number of nitrogens with two attached hydrogens (primary N) is 1. The van der Waals surface area contributed by atoms with Crippen LogP contribution in [0, 0.1) is 19.7 Å². The third-order valence-electron chi connectivity index (χ3n) is 2.65. The molecule has 0 aliphatic heterocycles. The van der Waals surface area contributed by atoms with Crippen LogP contribution in [-0.4, -0.2) is 9.97 Å². The predicted octanol–water partition coefficient (Wildman–Crippen LogP) is 3.92. The van der Waals surface area contributed by atoms with Gasteiger partial charge in [0.25, 0.3) is 0 Å². The zero-order chi connectivity index (χ0) is 14.9. The van der Waals surface area contributed by atoms with Crippen molar-refractivity contribution in [2.45, 2.75) is 13.8 Å². The van der Waals surface area contributed by atoms with E-state index in [0.29, 0.717) is 22.8 Å². The standard InChI is InChI=1S/C14H12ClFN2OS/c1-7-5-12(13(14(17)20)8(2)18-7)19-11-4-3-9(16)6-10(11)15/h3-6H,1-2H3,(H2,17,20). The third-order valence-corrected chi connectivity index (χ3v) is 3.15. The van der Waals surface area contributed by atoms with E-state index >= 15 is 0 Å². The summed E-state index contributed by atoms with van der Waals surface area (Å²) in [7, 11) is 0. The minimum Gasteiger partial charge on any atom is -0.455 e. The summed E-state index contributed by atoms with van der Waals surface area (Å²) >= 11 is 11.0. The lowest BCUT2D eigenvalue weighted by Crippen LogP contribution is -2.14. The second-order valence-electron chi connectivity index (χ2n) is 4.26. The number of benzene rings is 1. The summed E-state index contributed by atoms with van der Waals surface area (Å²) in [6, 6.07) is 5.61. The molecular weight excluding hydrogens is 299 g/mol. The molecule has 6 heteroatoms. The van der Waals surface area contributed by atoms with Gasteiger partial charge in [-0.25, -0.2) is 4.39 Å². The summed E-state index contributed by atoms with van der Waals surface area (Å²) < 4.78 is 18.7. The molecular formula is C14H12ClFN2OS. The van der Waals surface area contributed by atoms with E-state index in [-0.39, 0.29) is 10.0 Å². The first kappa shape index (κ1) is 14.7. The molecule has 2 rings (SSSR count). The Balaban J connectivity index is 2.50. The van der Waals surface area contributed by atoms with Crippen molar-refractivity contribution in [1.82, 2.24) is 4.98 Å². The van der Waals surface area contributed by atoms with Crippen molar-refractivity contribution >= 4 is 28.8 Å². The van der Waals surface area contributed by atoms with E-state index in [1.54, 1.807) is 13.0 Å². The maximum absolute atomic E-state index is 13.0. The Bertz CT molecular complexity index is 691. The maximum atomic E-state index is 13.0. The molecule has 1 heterocycles. The Morgan fingerprint density at radius 2 is 2.00 bits per heavy atom. The van der Waals surface area contributed by atoms with Crippen LogP contribution in [-0.2, 0) is 0 Å². The first-order chi connectivity index (χ1) is 9.38. The van der Waals surface area contributed by atoms with Crippen LogP contribution in [0.3, 0.4) is 0 Å². The highest BCUT2D eigenvalue weighted by atomic mass is 35.5. The Morgan fingerprint density at radius 1 is 1.30 bits per heavy atom. The van der Waals surface area contributed by atoms with Crippen LogP contribution in [0.4, 0.5) is 4.39 Å². The molecule has 0 radical (unpaired) electrons. The summed E-state index contributed by atoms with van der Waals surface area (Å²) in [6.07, 6.45) is 0. The van der Waals surface area contributed by atoms with E-state index in [4.69, 9.17) is 34.3 Å². The van der Waals surface area contributed by atoms with Gasteiger partial charge in [0.1, 0.15) is 22.3 Å². The number of thiocarbonyl (C=S) groups is 1. The zero-order valence-corrected chi connectivity index (χ0v) is 12.5. The van der Waals surface area contributed by atoms with Gasteiger partial charge in [-0.05, 0) is 32.0 Å². The molecule has 1 aromatic carbocycles. The molecule has 20 heavy (non-hydrogen) atoms. The Labute approximate surface area is 126 Å². The van der Waals surface area contributed by atoms with Crippen LogP contribution in [0.1, 0.15) is 17.0 Å². The van der Waals surface area contributed by atoms with Crippen LogP contribution in [0.25, 0.3) is 0 Å². The fourth-order valence-electron chi connectivity index (χ4n) is 1.85. The number of hydrogen-bond acceptors (Lipinski definition) is 3. The number of halogens is 2. The predicted molar refractivity (Wildman–Crippen MR) is 81.1 cm³/mol. The van der Waals surface area contributed by atoms with Crippen LogP contribution in [0.5, 0.6) is 11.5 Å². The number of rotatable bonds is 3. The minimum atomic E-state index is -0.431. The van der Waals surface area contributed by atoms with Crippen LogP contribution < -0.4 is 10.5 Å². The smallest absolute Gasteiger partial charge is 0.146 e. The van der Waals surface area contributed by atoms with E-state index in [9.17, 15) is 4.39 Å². The molecule has 0 saturated heterocycles. The number of aryl methyl sites for hydroxylation is 2. The quantitative estimate of drug-likeness (QED) is 0.873. The lowest BCUT2D eigenvalue weighted by molar-refractivity contribution is 0.478. The first-order valence-corrected chi connectivity index (χ1v) is 6.58. The Hall–Kier alpha value is -1.72. The largest absolute Gasteiger partial charge is 0.455 e. The summed E-state index contributed by atoms with van der Waals surface area (Å²) in [6.45, 7) is 3.62. The number of nitrogens with zero attached hydrogens (tertiary/aromatic N) is 1. The molecule has 0 spiro atoms. The van der Waals surface area contributed by atoms with Gasteiger partial charge in [0.2, 0.25) is 0 Å². The fourth-order valence-corrected chi connectivity index (χ4v) is 2.30. The topological polar surface area (TPSA) is 48.1 Å². The zero-order valence-electron chi connectivity index (χ0n) is 10.9. The average molecular weight is 311 g/mol. The van der Waals surface area contributed by atoms with Crippen molar-refractivity contribution in [2.24, 2.45) is 5.73 Å². The van der Waals surface area contributed by atoms with Crippen molar-refractivity contribution in [1.29, 1.82) is 0 Å². The van der Waals surface area contributed by atoms with Gasteiger partial charge in [-0.1, -0.05) is 23.8 Å². The number of aromatic nitrogens is 1. The molecule has 1 aromatic heterocycles. The van der Waals surface area contributed by atoms with Gasteiger partial charge in [-0.3, -0.25) is 4.98 Å². The molecule has 0 aliphatic rings. The molecule has 2 aromatic rings. The van der Waals surface area contributed by atoms with Crippen molar-refractivity contribution in [2.75, 3.05) is 0 Å². The van der Waals surface area contributed by atoms with Crippen molar-refractivity contribution < 1.29 is 9.13 Å². The summed E-state index contributed by atoms with van der Waals surface area (Å²) in [5.74, 6) is 0.352. The van der Waals surface area contributed by atoms with Gasteiger partial charge in [0.05, 0.1) is 16.3 Å². The lowest BCUT2D eigenvalue weighted by atomic mass is 10.1. The average Bonchev–Trinajstić information content (AvgIpc) is 2.31. The molecule has 0 aliphatic carbocycles. The molecule has 0 amide bonds. The fraction of sp³-hybridized carbons (Fsp3) is 0.143. The highest BCUT2D eigenvalue weighted by Gasteiger charge is 2.14. The number of hydrogen-bond donors (Lipinski definition) is 1. The van der Waals surface area contributed by atoms with Gasteiger partial charge < -0.3 is 10.5 Å². The SMILES string of the molecule is Cc1cc(Oc2ccc(F)cc2Cl)c(C(N)=S)c(C)n1. The van der Waals surface area contributed by atoms with E-state index in [1.807, 2.05) is 6.92 Å². The molecule has 0 bridgehead atoms. The van der Waals surface area contributed by atoms with Crippen LogP contribution in [0.2, 0.25) is 5.02 Å². The highest BCUT2D eigenvalue weighted by molar-refractivity contribution is 7.80. The maximum Gasteiger partial charge on any atom is 0.146 e. The molecule has 0 fully saturated rings. The Kier molecular flexibility index (Phi) is 4.20. The molecule has 2 N–H and O–H groups in total. The minimum absolute atomic E-state index is 0.172. The summed E-state index contributed by atoms with van der Waals surface area (Å²) in [4.78, 5) is 4.48. The van der Waals surface area contributed by atoms with E-state index in [0.717, 1.165) is 5.69 Å². The highest BCUT2D eigenvalue weighted by Crippen LogP contribution is 2.32. The molecule has 3 nitrogen and oxygen atoms in total. The lowest BCUT2D eigenvalue weighted by Gasteiger charge is -2.14. The second kappa shape index (κ2) is 5.73. The summed E-state index contributed by atoms with van der Waals surface area (Å²) in [5, 5.41) is 0.172. The molecule has 0 atom stereocenters. The molecule has 104 valence electrons. The van der Waals surface area contributed by atoms with Gasteiger partial charge in [-0.15, -0.1) is 0 Å². The van der Waals surface area contributed by atoms with Gasteiger partial charge >= 0.3 is 0 Å². The van der Waals surface area contributed by atoms with Gasteiger partial charge in [-0.2, -0.15) is 0 Å². The second-order valence-corrected chi connectivity index (χ2v) is 5.11. The third kappa shape index (κ3) is 3.05. The Morgan fingerprint density at radius 3 is 2.60 bits per heavy atom. The van der Waals surface area contributed by atoms with Gasteiger partial charge in [0, 0.05) is 11.8 Å². The van der Waals surface area contributed by atoms with E-state index < -0.39 is 5.82 Å². The number of pyridine rings is 1. The van der Waals surface area contributed by atoms with E-state index in [2.05, 4.69) is 4.98 Å². The van der Waals surface area contributed by atoms with Crippen molar-refractivity contribution in [3.8, 4) is 11.5 Å². The van der Waals surface area contributed by atoms with Crippen LogP contribution >= 0.6 is 23.8 Å². The normalized spacial score (nSPS) is 10.4. The van der Waals surface area contributed by atoms with Crippen molar-refractivity contribution in [3.63, 3.8) is 0 Å². The monoisotopic (exact) mass is 310 g/mol. The van der Waals surface area contributed by atoms with Crippen molar-refractivity contribution in [3.05, 3.63) is 52.1 Å². The van der Waals surface area contributed by atoms with E-state index in [1.165, 1.54) is 18.2 Å².